The molecule has 1 atom stereocenters. The van der Waals surface area contributed by atoms with Crippen molar-refractivity contribution < 1.29 is 4.74 Å². The van der Waals surface area contributed by atoms with Crippen LogP contribution in [0, 0.1) is 5.92 Å². The van der Waals surface area contributed by atoms with Crippen molar-refractivity contribution >= 4 is 15.9 Å². The Kier molecular flexibility index (Phi) is 3.67. The highest BCUT2D eigenvalue weighted by Gasteiger charge is 2.41. The fraction of sp³-hybridized carbons (Fsp3) is 0.833. The number of halogens is 1. The highest BCUT2D eigenvalue weighted by atomic mass is 79.9. The van der Waals surface area contributed by atoms with Crippen molar-refractivity contribution in [2.75, 3.05) is 11.9 Å². The molecule has 80 valence electrons. The molecule has 1 saturated heterocycles. The van der Waals surface area contributed by atoms with E-state index in [9.17, 15) is 0 Å². The largest absolute Gasteiger partial charge is 0.375 e. The first-order chi connectivity index (χ1) is 6.85. The summed E-state index contributed by atoms with van der Waals surface area (Å²) in [5.41, 5.74) is 0.307. The number of ether oxygens (including phenoxy) is 1. The predicted molar refractivity (Wildman–Crippen MR) is 62.8 cm³/mol. The summed E-state index contributed by atoms with van der Waals surface area (Å²) in [6, 6.07) is 0. The van der Waals surface area contributed by atoms with Crippen LogP contribution in [0.25, 0.3) is 0 Å². The monoisotopic (exact) mass is 258 g/mol. The van der Waals surface area contributed by atoms with Gasteiger partial charge in [0.25, 0.3) is 0 Å². The zero-order chi connectivity index (χ0) is 9.86. The Balaban J connectivity index is 1.81. The molecule has 0 aromatic heterocycles. The van der Waals surface area contributed by atoms with Gasteiger partial charge in [0.2, 0.25) is 0 Å². The first kappa shape index (κ1) is 10.7. The van der Waals surface area contributed by atoms with Gasteiger partial charge in [-0.1, -0.05) is 28.1 Å². The van der Waals surface area contributed by atoms with Gasteiger partial charge in [-0.3, -0.25) is 0 Å². The van der Waals surface area contributed by atoms with E-state index < -0.39 is 0 Å². The first-order valence-corrected chi connectivity index (χ1v) is 6.83. The lowest BCUT2D eigenvalue weighted by Gasteiger charge is -2.46. The van der Waals surface area contributed by atoms with Gasteiger partial charge >= 0.3 is 0 Å². The average Bonchev–Trinajstić information content (AvgIpc) is 2.17. The Labute approximate surface area is 95.0 Å². The Morgan fingerprint density at radius 3 is 2.93 bits per heavy atom. The molecule has 1 aliphatic heterocycles. The Morgan fingerprint density at radius 2 is 2.29 bits per heavy atom. The normalized spacial score (nSPS) is 30.8. The SMILES string of the molecule is BrCCC=CC1CCOC2(CCC2)C1. The van der Waals surface area contributed by atoms with Crippen molar-refractivity contribution in [1.29, 1.82) is 0 Å². The maximum atomic E-state index is 5.89. The standard InChI is InChI=1S/C12H19BrO/c13-8-2-1-4-11-5-9-14-12(10-11)6-3-7-12/h1,4,11H,2-3,5-10H2. The lowest BCUT2D eigenvalue weighted by molar-refractivity contribution is -0.137. The van der Waals surface area contributed by atoms with E-state index in [2.05, 4.69) is 28.1 Å². The molecule has 1 spiro atoms. The molecule has 0 aromatic carbocycles. The van der Waals surface area contributed by atoms with Gasteiger partial charge in [-0.2, -0.15) is 0 Å². The van der Waals surface area contributed by atoms with Crippen LogP contribution in [0.4, 0.5) is 0 Å². The average molecular weight is 259 g/mol. The summed E-state index contributed by atoms with van der Waals surface area (Å²) < 4.78 is 5.89. The van der Waals surface area contributed by atoms with Crippen LogP contribution in [0.1, 0.15) is 38.5 Å². The summed E-state index contributed by atoms with van der Waals surface area (Å²) >= 11 is 3.45. The van der Waals surface area contributed by atoms with Crippen LogP contribution in [-0.4, -0.2) is 17.5 Å². The van der Waals surface area contributed by atoms with Gasteiger partial charge in [-0.05, 0) is 44.4 Å². The molecular weight excluding hydrogens is 240 g/mol. The summed E-state index contributed by atoms with van der Waals surface area (Å²) in [4.78, 5) is 0. The zero-order valence-electron chi connectivity index (χ0n) is 8.68. The van der Waals surface area contributed by atoms with Crippen LogP contribution < -0.4 is 0 Å². The maximum absolute atomic E-state index is 5.89. The molecule has 1 heterocycles. The molecule has 1 saturated carbocycles. The number of allylic oxidation sites excluding steroid dienone is 2. The third kappa shape index (κ3) is 2.40. The van der Waals surface area contributed by atoms with Gasteiger partial charge in [-0.15, -0.1) is 0 Å². The smallest absolute Gasteiger partial charge is 0.0688 e. The number of hydrogen-bond donors (Lipinski definition) is 0. The lowest BCUT2D eigenvalue weighted by Crippen LogP contribution is -2.45. The fourth-order valence-corrected chi connectivity index (χ4v) is 2.77. The minimum Gasteiger partial charge on any atom is -0.375 e. The molecule has 0 N–H and O–H groups in total. The van der Waals surface area contributed by atoms with Crippen LogP contribution in [0.15, 0.2) is 12.2 Å². The second-order valence-corrected chi connectivity index (χ2v) is 5.34. The van der Waals surface area contributed by atoms with Crippen molar-refractivity contribution in [1.82, 2.24) is 0 Å². The van der Waals surface area contributed by atoms with Crippen molar-refractivity contribution in [3.63, 3.8) is 0 Å². The van der Waals surface area contributed by atoms with Crippen molar-refractivity contribution in [2.45, 2.75) is 44.1 Å². The number of hydrogen-bond acceptors (Lipinski definition) is 1. The van der Waals surface area contributed by atoms with Gasteiger partial charge in [0.15, 0.2) is 0 Å². The summed E-state index contributed by atoms with van der Waals surface area (Å²) in [5, 5.41) is 1.08. The van der Waals surface area contributed by atoms with E-state index in [1.807, 2.05) is 0 Å². The molecule has 1 aliphatic carbocycles. The second kappa shape index (κ2) is 4.80. The van der Waals surface area contributed by atoms with Gasteiger partial charge in [0, 0.05) is 11.9 Å². The molecule has 2 fully saturated rings. The molecule has 2 heteroatoms. The second-order valence-electron chi connectivity index (χ2n) is 4.54. The summed E-state index contributed by atoms with van der Waals surface area (Å²) in [6.07, 6.45) is 12.3. The molecule has 0 aromatic rings. The molecule has 0 bridgehead atoms. The molecule has 1 nitrogen and oxygen atoms in total. The first-order valence-electron chi connectivity index (χ1n) is 5.71. The van der Waals surface area contributed by atoms with Gasteiger partial charge in [-0.25, -0.2) is 0 Å². The van der Waals surface area contributed by atoms with Gasteiger partial charge in [0.05, 0.1) is 5.60 Å². The van der Waals surface area contributed by atoms with E-state index in [1.54, 1.807) is 0 Å². The van der Waals surface area contributed by atoms with E-state index in [1.165, 1.54) is 32.1 Å². The van der Waals surface area contributed by atoms with E-state index in [4.69, 9.17) is 4.74 Å². The third-order valence-electron chi connectivity index (χ3n) is 3.48. The van der Waals surface area contributed by atoms with Gasteiger partial charge < -0.3 is 4.74 Å². The van der Waals surface area contributed by atoms with Gasteiger partial charge in [0.1, 0.15) is 0 Å². The van der Waals surface area contributed by atoms with Crippen LogP contribution in [0.5, 0.6) is 0 Å². The van der Waals surface area contributed by atoms with Crippen LogP contribution in [0.3, 0.4) is 0 Å². The van der Waals surface area contributed by atoms with Crippen LogP contribution in [0.2, 0.25) is 0 Å². The minimum atomic E-state index is 0.307. The summed E-state index contributed by atoms with van der Waals surface area (Å²) in [7, 11) is 0. The number of alkyl halides is 1. The quantitative estimate of drug-likeness (QED) is 0.555. The van der Waals surface area contributed by atoms with E-state index in [0.29, 0.717) is 5.60 Å². The molecule has 2 aliphatic rings. The predicted octanol–water partition coefficient (Wildman–Crippen LogP) is 3.68. The van der Waals surface area contributed by atoms with Crippen LogP contribution in [-0.2, 0) is 4.74 Å². The zero-order valence-corrected chi connectivity index (χ0v) is 10.3. The molecule has 0 amide bonds. The van der Waals surface area contributed by atoms with Crippen LogP contribution >= 0.6 is 15.9 Å². The maximum Gasteiger partial charge on any atom is 0.0688 e. The topological polar surface area (TPSA) is 9.23 Å². The van der Waals surface area contributed by atoms with Crippen molar-refractivity contribution in [3.8, 4) is 0 Å². The summed E-state index contributed by atoms with van der Waals surface area (Å²) in [5.74, 6) is 0.781. The van der Waals surface area contributed by atoms with Crippen molar-refractivity contribution in [2.24, 2.45) is 5.92 Å². The van der Waals surface area contributed by atoms with E-state index >= 15 is 0 Å². The molecule has 14 heavy (non-hydrogen) atoms. The highest BCUT2D eigenvalue weighted by molar-refractivity contribution is 9.09. The summed E-state index contributed by atoms with van der Waals surface area (Å²) in [6.45, 7) is 0.976. The lowest BCUT2D eigenvalue weighted by atomic mass is 9.72. The molecule has 1 unspecified atom stereocenters. The fourth-order valence-electron chi connectivity index (χ4n) is 2.50. The minimum absolute atomic E-state index is 0.307. The van der Waals surface area contributed by atoms with Crippen molar-refractivity contribution in [3.05, 3.63) is 12.2 Å². The van der Waals surface area contributed by atoms with E-state index in [0.717, 1.165) is 24.3 Å². The molecule has 2 rings (SSSR count). The van der Waals surface area contributed by atoms with E-state index in [-0.39, 0.29) is 0 Å². The molecular formula is C12H19BrO. The Bertz CT molecular complexity index is 208. The Hall–Kier alpha value is 0.180. The third-order valence-corrected chi connectivity index (χ3v) is 3.94. The molecule has 0 radical (unpaired) electrons. The number of rotatable bonds is 3. The Morgan fingerprint density at radius 1 is 1.43 bits per heavy atom. The highest BCUT2D eigenvalue weighted by Crippen LogP contribution is 2.44.